The zero-order valence-corrected chi connectivity index (χ0v) is 9.67. The number of nitrogens with one attached hydrogen (secondary N) is 1. The van der Waals surface area contributed by atoms with Crippen molar-refractivity contribution in [2.75, 3.05) is 13.2 Å². The van der Waals surface area contributed by atoms with Crippen LogP contribution in [0.15, 0.2) is 0 Å². The van der Waals surface area contributed by atoms with Crippen LogP contribution in [0.3, 0.4) is 0 Å². The van der Waals surface area contributed by atoms with Gasteiger partial charge >= 0.3 is 0 Å². The van der Waals surface area contributed by atoms with E-state index in [1.54, 1.807) is 0 Å². The van der Waals surface area contributed by atoms with E-state index in [-0.39, 0.29) is 24.3 Å². The third kappa shape index (κ3) is 4.65. The fourth-order valence-corrected chi connectivity index (χ4v) is 2.03. The minimum absolute atomic E-state index is 0.144. The van der Waals surface area contributed by atoms with Crippen molar-refractivity contribution in [2.24, 2.45) is 11.8 Å². The van der Waals surface area contributed by atoms with Crippen molar-refractivity contribution in [1.29, 1.82) is 0 Å². The minimum Gasteiger partial charge on any atom is -0.396 e. The van der Waals surface area contributed by atoms with Crippen molar-refractivity contribution >= 4 is 5.91 Å². The summed E-state index contributed by atoms with van der Waals surface area (Å²) in [4.78, 5) is 11.8. The maximum absolute atomic E-state index is 11.8. The summed E-state index contributed by atoms with van der Waals surface area (Å²) in [5, 5.41) is 11.8. The summed E-state index contributed by atoms with van der Waals surface area (Å²) >= 11 is 0. The number of aliphatic hydroxyl groups is 1. The highest BCUT2D eigenvalue weighted by Crippen LogP contribution is 2.22. The SMILES string of the molecule is CC(CO)CNC(=O)C1CCCCCC1. The molecule has 0 spiro atoms. The molecule has 3 nitrogen and oxygen atoms in total. The van der Waals surface area contributed by atoms with Gasteiger partial charge in [0.15, 0.2) is 0 Å². The molecule has 2 N–H and O–H groups in total. The molecule has 3 heteroatoms. The molecule has 1 unspecified atom stereocenters. The molecule has 1 atom stereocenters. The molecular formula is C12H23NO2. The van der Waals surface area contributed by atoms with Crippen molar-refractivity contribution in [3.63, 3.8) is 0 Å². The number of carbonyl (C=O) groups excluding carboxylic acids is 1. The Bertz CT molecular complexity index is 186. The molecule has 0 aromatic heterocycles. The molecular weight excluding hydrogens is 190 g/mol. The van der Waals surface area contributed by atoms with Gasteiger partial charge in [-0.05, 0) is 18.8 Å². The molecule has 1 fully saturated rings. The summed E-state index contributed by atoms with van der Waals surface area (Å²) in [5.41, 5.74) is 0. The molecule has 1 amide bonds. The van der Waals surface area contributed by atoms with Crippen molar-refractivity contribution in [3.8, 4) is 0 Å². The highest BCUT2D eigenvalue weighted by molar-refractivity contribution is 5.78. The highest BCUT2D eigenvalue weighted by atomic mass is 16.3. The predicted molar refractivity (Wildman–Crippen MR) is 60.5 cm³/mol. The van der Waals surface area contributed by atoms with E-state index < -0.39 is 0 Å². The molecule has 0 aliphatic heterocycles. The van der Waals surface area contributed by atoms with Gasteiger partial charge in [0.2, 0.25) is 5.91 Å². The predicted octanol–water partition coefficient (Wildman–Crippen LogP) is 1.70. The zero-order valence-electron chi connectivity index (χ0n) is 9.67. The van der Waals surface area contributed by atoms with Crippen molar-refractivity contribution in [2.45, 2.75) is 45.4 Å². The van der Waals surface area contributed by atoms with Crippen LogP contribution in [-0.2, 0) is 4.79 Å². The lowest BCUT2D eigenvalue weighted by molar-refractivity contribution is -0.125. The lowest BCUT2D eigenvalue weighted by Crippen LogP contribution is -2.34. The number of rotatable bonds is 4. The van der Waals surface area contributed by atoms with Crippen molar-refractivity contribution in [1.82, 2.24) is 5.32 Å². The molecule has 1 saturated carbocycles. The second kappa shape index (κ2) is 6.83. The van der Waals surface area contributed by atoms with Crippen LogP contribution in [0.5, 0.6) is 0 Å². The van der Waals surface area contributed by atoms with Gasteiger partial charge in [-0.15, -0.1) is 0 Å². The summed E-state index contributed by atoms with van der Waals surface area (Å²) in [7, 11) is 0. The molecule has 0 bridgehead atoms. The van der Waals surface area contributed by atoms with Crippen LogP contribution < -0.4 is 5.32 Å². The van der Waals surface area contributed by atoms with Gasteiger partial charge in [0.1, 0.15) is 0 Å². The van der Waals surface area contributed by atoms with Gasteiger partial charge in [-0.25, -0.2) is 0 Å². The smallest absolute Gasteiger partial charge is 0.223 e. The third-order valence-electron chi connectivity index (χ3n) is 3.16. The second-order valence-electron chi connectivity index (χ2n) is 4.72. The molecule has 88 valence electrons. The van der Waals surface area contributed by atoms with E-state index >= 15 is 0 Å². The first-order valence-electron chi connectivity index (χ1n) is 6.12. The van der Waals surface area contributed by atoms with Crippen LogP contribution in [-0.4, -0.2) is 24.2 Å². The first kappa shape index (κ1) is 12.5. The number of hydrogen-bond donors (Lipinski definition) is 2. The number of hydrogen-bond acceptors (Lipinski definition) is 2. The first-order chi connectivity index (χ1) is 7.24. The topological polar surface area (TPSA) is 49.3 Å². The Hall–Kier alpha value is -0.570. The maximum atomic E-state index is 11.8. The van der Waals surface area contributed by atoms with Crippen molar-refractivity contribution in [3.05, 3.63) is 0 Å². The van der Waals surface area contributed by atoms with Crippen LogP contribution >= 0.6 is 0 Å². The van der Waals surface area contributed by atoms with Gasteiger partial charge in [0.25, 0.3) is 0 Å². The van der Waals surface area contributed by atoms with Crippen LogP contribution in [0.25, 0.3) is 0 Å². The largest absolute Gasteiger partial charge is 0.396 e. The Morgan fingerprint density at radius 3 is 2.47 bits per heavy atom. The lowest BCUT2D eigenvalue weighted by Gasteiger charge is -2.15. The third-order valence-corrected chi connectivity index (χ3v) is 3.16. The lowest BCUT2D eigenvalue weighted by atomic mass is 9.99. The molecule has 0 aromatic rings. The Kier molecular flexibility index (Phi) is 5.69. The van der Waals surface area contributed by atoms with E-state index in [2.05, 4.69) is 5.32 Å². The molecule has 1 aliphatic carbocycles. The maximum Gasteiger partial charge on any atom is 0.223 e. The van der Waals surface area contributed by atoms with Crippen LogP contribution in [0, 0.1) is 11.8 Å². The van der Waals surface area contributed by atoms with Crippen LogP contribution in [0.4, 0.5) is 0 Å². The molecule has 15 heavy (non-hydrogen) atoms. The zero-order chi connectivity index (χ0) is 11.1. The van der Waals surface area contributed by atoms with Crippen LogP contribution in [0.1, 0.15) is 45.4 Å². The van der Waals surface area contributed by atoms with Crippen molar-refractivity contribution < 1.29 is 9.90 Å². The Labute approximate surface area is 92.3 Å². The molecule has 0 aromatic carbocycles. The van der Waals surface area contributed by atoms with Crippen LogP contribution in [0.2, 0.25) is 0 Å². The fraction of sp³-hybridized carbons (Fsp3) is 0.917. The standard InChI is InChI=1S/C12H23NO2/c1-10(9-14)8-13-12(15)11-6-4-2-3-5-7-11/h10-11,14H,2-9H2,1H3,(H,13,15). The quantitative estimate of drug-likeness (QED) is 0.698. The van der Waals surface area contributed by atoms with Gasteiger partial charge in [-0.1, -0.05) is 32.6 Å². The molecule has 1 aliphatic rings. The second-order valence-corrected chi connectivity index (χ2v) is 4.72. The van der Waals surface area contributed by atoms with Gasteiger partial charge in [0.05, 0.1) is 0 Å². The Morgan fingerprint density at radius 2 is 1.93 bits per heavy atom. The van der Waals surface area contributed by atoms with E-state index in [1.807, 2.05) is 6.92 Å². The van der Waals surface area contributed by atoms with E-state index in [4.69, 9.17) is 5.11 Å². The van der Waals surface area contributed by atoms with E-state index in [9.17, 15) is 4.79 Å². The summed E-state index contributed by atoms with van der Waals surface area (Å²) in [6.07, 6.45) is 7.01. The average Bonchev–Trinajstić information content (AvgIpc) is 2.53. The Balaban J connectivity index is 2.25. The van der Waals surface area contributed by atoms with Gasteiger partial charge in [0, 0.05) is 19.1 Å². The van der Waals surface area contributed by atoms with E-state index in [0.717, 1.165) is 12.8 Å². The number of carbonyl (C=O) groups is 1. The van der Waals surface area contributed by atoms with E-state index in [1.165, 1.54) is 25.7 Å². The first-order valence-corrected chi connectivity index (χ1v) is 6.12. The monoisotopic (exact) mass is 213 g/mol. The normalized spacial score (nSPS) is 20.7. The van der Waals surface area contributed by atoms with Gasteiger partial charge in [-0.2, -0.15) is 0 Å². The number of aliphatic hydroxyl groups excluding tert-OH is 1. The van der Waals surface area contributed by atoms with E-state index in [0.29, 0.717) is 6.54 Å². The summed E-state index contributed by atoms with van der Waals surface area (Å²) in [6, 6.07) is 0. The minimum atomic E-state index is 0.144. The molecule has 1 rings (SSSR count). The average molecular weight is 213 g/mol. The van der Waals surface area contributed by atoms with Gasteiger partial charge in [-0.3, -0.25) is 4.79 Å². The molecule has 0 saturated heterocycles. The fourth-order valence-electron chi connectivity index (χ4n) is 2.03. The Morgan fingerprint density at radius 1 is 1.33 bits per heavy atom. The molecule has 0 radical (unpaired) electrons. The summed E-state index contributed by atoms with van der Waals surface area (Å²) in [6.45, 7) is 2.68. The highest BCUT2D eigenvalue weighted by Gasteiger charge is 2.19. The van der Waals surface area contributed by atoms with Gasteiger partial charge < -0.3 is 10.4 Å². The summed E-state index contributed by atoms with van der Waals surface area (Å²) < 4.78 is 0. The number of amides is 1. The molecule has 0 heterocycles. The summed E-state index contributed by atoms with van der Waals surface area (Å²) in [5.74, 6) is 0.579.